The molecule has 4 nitrogen and oxygen atoms in total. The number of carbonyl (C=O) groups excluding carboxylic acids is 1. The van der Waals surface area contributed by atoms with Gasteiger partial charge in [-0.2, -0.15) is 0 Å². The predicted octanol–water partition coefficient (Wildman–Crippen LogP) is 1.92. The molecule has 1 aromatic rings. The summed E-state index contributed by atoms with van der Waals surface area (Å²) >= 11 is 6.03. The van der Waals surface area contributed by atoms with E-state index in [-0.39, 0.29) is 5.91 Å². The Morgan fingerprint density at radius 2 is 2.12 bits per heavy atom. The Labute approximate surface area is 105 Å². The number of amides is 1. The highest BCUT2D eigenvalue weighted by molar-refractivity contribution is 6.31. The van der Waals surface area contributed by atoms with Crippen molar-refractivity contribution in [3.63, 3.8) is 0 Å². The SMILES string of the molecule is CC1(C)C(=O)N(Cc2ccccc2Cl)OC1N. The van der Waals surface area contributed by atoms with Gasteiger partial charge in [-0.25, -0.2) is 5.06 Å². The Bertz CT molecular complexity index is 448. The molecule has 0 spiro atoms. The van der Waals surface area contributed by atoms with Gasteiger partial charge in [-0.1, -0.05) is 29.8 Å². The number of nitrogens with zero attached hydrogens (tertiary/aromatic N) is 1. The fourth-order valence-corrected chi connectivity index (χ4v) is 1.85. The molecule has 17 heavy (non-hydrogen) atoms. The molecule has 1 aromatic carbocycles. The smallest absolute Gasteiger partial charge is 0.256 e. The lowest BCUT2D eigenvalue weighted by molar-refractivity contribution is -0.176. The van der Waals surface area contributed by atoms with Crippen molar-refractivity contribution < 1.29 is 9.63 Å². The fraction of sp³-hybridized carbons (Fsp3) is 0.417. The van der Waals surface area contributed by atoms with Crippen LogP contribution in [0.5, 0.6) is 0 Å². The molecule has 0 radical (unpaired) electrons. The van der Waals surface area contributed by atoms with E-state index in [1.54, 1.807) is 19.9 Å². The molecule has 0 aromatic heterocycles. The number of hydrogen-bond donors (Lipinski definition) is 1. The largest absolute Gasteiger partial charge is 0.303 e. The molecule has 1 unspecified atom stereocenters. The van der Waals surface area contributed by atoms with Crippen molar-refractivity contribution >= 4 is 17.5 Å². The zero-order valence-electron chi connectivity index (χ0n) is 9.81. The average molecular weight is 255 g/mol. The van der Waals surface area contributed by atoms with Gasteiger partial charge in [-0.05, 0) is 25.5 Å². The Morgan fingerprint density at radius 1 is 1.47 bits per heavy atom. The van der Waals surface area contributed by atoms with E-state index >= 15 is 0 Å². The maximum atomic E-state index is 12.0. The number of rotatable bonds is 2. The molecule has 92 valence electrons. The highest BCUT2D eigenvalue weighted by atomic mass is 35.5. The molecule has 2 N–H and O–H groups in total. The number of carbonyl (C=O) groups is 1. The van der Waals surface area contributed by atoms with Gasteiger partial charge in [0.15, 0.2) is 0 Å². The van der Waals surface area contributed by atoms with E-state index in [4.69, 9.17) is 22.2 Å². The van der Waals surface area contributed by atoms with Crippen LogP contribution in [0.1, 0.15) is 19.4 Å². The van der Waals surface area contributed by atoms with Gasteiger partial charge >= 0.3 is 0 Å². The fourth-order valence-electron chi connectivity index (χ4n) is 1.65. The van der Waals surface area contributed by atoms with E-state index < -0.39 is 11.6 Å². The number of hydrogen-bond acceptors (Lipinski definition) is 3. The number of nitrogens with two attached hydrogens (primary N) is 1. The maximum absolute atomic E-state index is 12.0. The van der Waals surface area contributed by atoms with Crippen LogP contribution in [0.3, 0.4) is 0 Å². The third-order valence-electron chi connectivity index (χ3n) is 3.00. The molecular formula is C12H15ClN2O2. The molecule has 5 heteroatoms. The van der Waals surface area contributed by atoms with Gasteiger partial charge in [0.2, 0.25) is 0 Å². The van der Waals surface area contributed by atoms with Crippen molar-refractivity contribution in [2.75, 3.05) is 0 Å². The first kappa shape index (κ1) is 12.4. The molecule has 1 atom stereocenters. The lowest BCUT2D eigenvalue weighted by Gasteiger charge is -2.16. The monoisotopic (exact) mass is 254 g/mol. The topological polar surface area (TPSA) is 55.6 Å². The molecule has 1 saturated heterocycles. The summed E-state index contributed by atoms with van der Waals surface area (Å²) in [4.78, 5) is 17.4. The molecule has 1 aliphatic rings. The van der Waals surface area contributed by atoms with E-state index in [2.05, 4.69) is 0 Å². The number of hydroxylamine groups is 2. The van der Waals surface area contributed by atoms with Crippen LogP contribution in [0.25, 0.3) is 0 Å². The Hall–Kier alpha value is -1.10. The summed E-state index contributed by atoms with van der Waals surface area (Å²) in [6.45, 7) is 3.86. The summed E-state index contributed by atoms with van der Waals surface area (Å²) in [5.74, 6) is -0.120. The van der Waals surface area contributed by atoms with Crippen LogP contribution in [0.15, 0.2) is 24.3 Å². The van der Waals surface area contributed by atoms with Crippen molar-refractivity contribution in [2.24, 2.45) is 11.1 Å². The van der Waals surface area contributed by atoms with E-state index in [1.165, 1.54) is 5.06 Å². The molecule has 0 bridgehead atoms. The first-order valence-corrected chi connectivity index (χ1v) is 5.78. The lowest BCUT2D eigenvalue weighted by atomic mass is 9.91. The summed E-state index contributed by atoms with van der Waals surface area (Å²) < 4.78 is 0. The average Bonchev–Trinajstić information content (AvgIpc) is 2.46. The van der Waals surface area contributed by atoms with Gasteiger partial charge in [0.05, 0.1) is 12.0 Å². The zero-order valence-corrected chi connectivity index (χ0v) is 10.6. The van der Waals surface area contributed by atoms with Crippen LogP contribution in [-0.2, 0) is 16.2 Å². The van der Waals surface area contributed by atoms with Gasteiger partial charge < -0.3 is 5.73 Å². The van der Waals surface area contributed by atoms with Crippen LogP contribution in [0.4, 0.5) is 0 Å². The van der Waals surface area contributed by atoms with Crippen LogP contribution < -0.4 is 5.73 Å². The molecule has 0 saturated carbocycles. The summed E-state index contributed by atoms with van der Waals surface area (Å²) in [6, 6.07) is 7.35. The second-order valence-corrected chi connectivity index (χ2v) is 5.09. The van der Waals surface area contributed by atoms with Gasteiger partial charge in [0.1, 0.15) is 6.23 Å². The third-order valence-corrected chi connectivity index (χ3v) is 3.37. The highest BCUT2D eigenvalue weighted by Gasteiger charge is 2.47. The first-order chi connectivity index (χ1) is 7.93. The van der Waals surface area contributed by atoms with Crippen LogP contribution in [-0.4, -0.2) is 17.2 Å². The minimum absolute atomic E-state index is 0.120. The zero-order chi connectivity index (χ0) is 12.6. The van der Waals surface area contributed by atoms with Crippen molar-refractivity contribution in [3.8, 4) is 0 Å². The summed E-state index contributed by atoms with van der Waals surface area (Å²) in [5, 5.41) is 1.90. The highest BCUT2D eigenvalue weighted by Crippen LogP contribution is 2.32. The molecule has 1 aliphatic heterocycles. The van der Waals surface area contributed by atoms with Crippen LogP contribution >= 0.6 is 11.6 Å². The quantitative estimate of drug-likeness (QED) is 0.877. The Kier molecular flexibility index (Phi) is 3.12. The van der Waals surface area contributed by atoms with Gasteiger partial charge in [0.25, 0.3) is 5.91 Å². The minimum atomic E-state index is -0.693. The standard InChI is InChI=1S/C12H15ClN2O2/c1-12(2)10(14)17-15(11(12)16)7-8-5-3-4-6-9(8)13/h3-6,10H,7,14H2,1-2H3. The molecule has 2 rings (SSSR count). The third kappa shape index (κ3) is 2.16. The molecule has 1 amide bonds. The lowest BCUT2D eigenvalue weighted by Crippen LogP contribution is -2.37. The molecule has 1 fully saturated rings. The second-order valence-electron chi connectivity index (χ2n) is 4.68. The van der Waals surface area contributed by atoms with Crippen LogP contribution in [0, 0.1) is 5.41 Å². The van der Waals surface area contributed by atoms with E-state index in [1.807, 2.05) is 18.2 Å². The minimum Gasteiger partial charge on any atom is -0.303 e. The Balaban J connectivity index is 2.17. The van der Waals surface area contributed by atoms with E-state index in [0.717, 1.165) is 5.56 Å². The maximum Gasteiger partial charge on any atom is 0.256 e. The van der Waals surface area contributed by atoms with E-state index in [0.29, 0.717) is 11.6 Å². The van der Waals surface area contributed by atoms with Crippen molar-refractivity contribution in [2.45, 2.75) is 26.6 Å². The normalized spacial score (nSPS) is 23.2. The van der Waals surface area contributed by atoms with Crippen LogP contribution in [0.2, 0.25) is 5.02 Å². The predicted molar refractivity (Wildman–Crippen MR) is 64.8 cm³/mol. The van der Waals surface area contributed by atoms with Crippen molar-refractivity contribution in [1.82, 2.24) is 5.06 Å². The molecule has 0 aliphatic carbocycles. The molecule has 1 heterocycles. The summed E-state index contributed by atoms with van der Waals surface area (Å²) in [6.07, 6.45) is -0.613. The number of benzene rings is 1. The summed E-state index contributed by atoms with van der Waals surface area (Å²) in [7, 11) is 0. The number of halogens is 1. The van der Waals surface area contributed by atoms with E-state index in [9.17, 15) is 4.79 Å². The van der Waals surface area contributed by atoms with Crippen molar-refractivity contribution in [3.05, 3.63) is 34.9 Å². The van der Waals surface area contributed by atoms with Gasteiger partial charge in [0, 0.05) is 5.02 Å². The Morgan fingerprint density at radius 3 is 2.65 bits per heavy atom. The van der Waals surface area contributed by atoms with Gasteiger partial charge in [-0.15, -0.1) is 0 Å². The second kappa shape index (κ2) is 4.29. The van der Waals surface area contributed by atoms with Gasteiger partial charge in [-0.3, -0.25) is 9.63 Å². The summed E-state index contributed by atoms with van der Waals surface area (Å²) in [5.41, 5.74) is 5.91. The molecular weight excluding hydrogens is 240 g/mol. The van der Waals surface area contributed by atoms with Crippen molar-refractivity contribution in [1.29, 1.82) is 0 Å². The first-order valence-electron chi connectivity index (χ1n) is 5.40.